The third kappa shape index (κ3) is 5.65. The molecule has 0 saturated carbocycles. The predicted octanol–water partition coefficient (Wildman–Crippen LogP) is 5.74. The summed E-state index contributed by atoms with van der Waals surface area (Å²) < 4.78 is 3.41. The number of thiazole rings is 1. The first-order chi connectivity index (χ1) is 14.1. The number of nitro groups is 1. The molecule has 2 N–H and O–H groups in total. The molecule has 0 aliphatic carbocycles. The average Bonchev–Trinajstić information content (AvgIpc) is 3.15. The monoisotopic (exact) mass is 442 g/mol. The molecule has 0 aliphatic heterocycles. The van der Waals surface area contributed by atoms with Crippen LogP contribution in [0, 0.1) is 10.1 Å². The molecule has 0 unspecified atom stereocenters. The maximum absolute atomic E-state index is 11.4. The zero-order valence-corrected chi connectivity index (χ0v) is 18.7. The van der Waals surface area contributed by atoms with Crippen LogP contribution in [0.25, 0.3) is 21.0 Å². The minimum absolute atomic E-state index is 0.0519. The van der Waals surface area contributed by atoms with E-state index in [0.29, 0.717) is 0 Å². The molecule has 2 aromatic carbocycles. The van der Waals surface area contributed by atoms with Gasteiger partial charge in [0.25, 0.3) is 5.69 Å². The third-order valence-electron chi connectivity index (χ3n) is 3.87. The molecule has 30 heavy (non-hydrogen) atoms. The number of hydrogen-bond acceptors (Lipinski definition) is 7. The summed E-state index contributed by atoms with van der Waals surface area (Å²) in [7, 11) is 0. The standard InChI is InChI=1S/C21H22N4O3S2/c1-13(26)23-15-7-10-17(18(11-15)30-24-21(2,3)4)19-12-22-20(29-19)14-5-8-16(9-6-14)25(27)28/h5-12,24H,1-4H3,(H,23,26). The molecule has 0 saturated heterocycles. The van der Waals surface area contributed by atoms with Crippen LogP contribution in [-0.4, -0.2) is 21.4 Å². The summed E-state index contributed by atoms with van der Waals surface area (Å²) in [4.78, 5) is 28.3. The lowest BCUT2D eigenvalue weighted by atomic mass is 10.1. The number of anilines is 1. The number of benzene rings is 2. The van der Waals surface area contributed by atoms with Crippen molar-refractivity contribution in [3.8, 4) is 21.0 Å². The van der Waals surface area contributed by atoms with E-state index in [4.69, 9.17) is 0 Å². The van der Waals surface area contributed by atoms with Crippen LogP contribution in [-0.2, 0) is 4.79 Å². The first-order valence-corrected chi connectivity index (χ1v) is 10.8. The number of nitro benzene ring substituents is 1. The highest BCUT2D eigenvalue weighted by Crippen LogP contribution is 2.38. The molecule has 3 aromatic rings. The Morgan fingerprint density at radius 1 is 1.17 bits per heavy atom. The van der Waals surface area contributed by atoms with Crippen molar-refractivity contribution in [3.63, 3.8) is 0 Å². The Kier molecular flexibility index (Phi) is 6.55. The number of rotatable bonds is 6. The molecule has 156 valence electrons. The van der Waals surface area contributed by atoms with Crippen molar-refractivity contribution in [2.24, 2.45) is 0 Å². The normalized spacial score (nSPS) is 11.3. The summed E-state index contributed by atoms with van der Waals surface area (Å²) >= 11 is 3.01. The van der Waals surface area contributed by atoms with Crippen LogP contribution in [0.5, 0.6) is 0 Å². The van der Waals surface area contributed by atoms with E-state index in [-0.39, 0.29) is 17.1 Å². The Hall–Kier alpha value is -2.75. The molecule has 0 aliphatic rings. The summed E-state index contributed by atoms with van der Waals surface area (Å²) in [6.07, 6.45) is 1.80. The number of carbonyl (C=O) groups is 1. The molecule has 1 amide bonds. The smallest absolute Gasteiger partial charge is 0.269 e. The van der Waals surface area contributed by atoms with Gasteiger partial charge in [-0.3, -0.25) is 19.6 Å². The van der Waals surface area contributed by atoms with E-state index in [1.54, 1.807) is 18.3 Å². The molecule has 9 heteroatoms. The fraction of sp³-hybridized carbons (Fsp3) is 0.238. The fourth-order valence-electron chi connectivity index (χ4n) is 2.56. The molecule has 0 fully saturated rings. The summed E-state index contributed by atoms with van der Waals surface area (Å²) in [5.74, 6) is -0.124. The molecule has 0 bridgehead atoms. The van der Waals surface area contributed by atoms with E-state index in [1.165, 1.54) is 42.3 Å². The number of amides is 1. The van der Waals surface area contributed by atoms with Gasteiger partial charge in [0.05, 0.1) is 9.80 Å². The lowest BCUT2D eigenvalue weighted by Crippen LogP contribution is -2.29. The molecular weight excluding hydrogens is 420 g/mol. The van der Waals surface area contributed by atoms with E-state index >= 15 is 0 Å². The lowest BCUT2D eigenvalue weighted by Gasteiger charge is -2.20. The zero-order valence-electron chi connectivity index (χ0n) is 17.1. The molecule has 0 radical (unpaired) electrons. The topological polar surface area (TPSA) is 97.2 Å². The zero-order chi connectivity index (χ0) is 21.9. The van der Waals surface area contributed by atoms with E-state index in [2.05, 4.69) is 35.8 Å². The average molecular weight is 443 g/mol. The van der Waals surface area contributed by atoms with Crippen LogP contribution in [0.2, 0.25) is 0 Å². The molecule has 0 spiro atoms. The molecule has 7 nitrogen and oxygen atoms in total. The Balaban J connectivity index is 1.94. The summed E-state index contributed by atoms with van der Waals surface area (Å²) in [6, 6.07) is 12.1. The summed E-state index contributed by atoms with van der Waals surface area (Å²) in [5, 5.41) is 14.5. The van der Waals surface area contributed by atoms with Gasteiger partial charge < -0.3 is 5.32 Å². The SMILES string of the molecule is CC(=O)Nc1ccc(-c2cnc(-c3ccc([N+](=O)[O-])cc3)s2)c(SNC(C)(C)C)c1. The second kappa shape index (κ2) is 8.95. The van der Waals surface area contributed by atoms with E-state index in [9.17, 15) is 14.9 Å². The van der Waals surface area contributed by atoms with Crippen LogP contribution >= 0.6 is 23.3 Å². The van der Waals surface area contributed by atoms with Gasteiger partial charge in [0, 0.05) is 52.5 Å². The van der Waals surface area contributed by atoms with Crippen molar-refractivity contribution < 1.29 is 9.72 Å². The molecule has 1 aromatic heterocycles. The quantitative estimate of drug-likeness (QED) is 0.287. The molecule has 0 atom stereocenters. The first-order valence-electron chi connectivity index (χ1n) is 9.19. The third-order valence-corrected chi connectivity index (χ3v) is 6.22. The van der Waals surface area contributed by atoms with Gasteiger partial charge >= 0.3 is 0 Å². The van der Waals surface area contributed by atoms with Crippen molar-refractivity contribution in [3.05, 3.63) is 58.8 Å². The number of nitrogens with zero attached hydrogens (tertiary/aromatic N) is 2. The van der Waals surface area contributed by atoms with Crippen LogP contribution in [0.15, 0.2) is 53.6 Å². The number of carbonyl (C=O) groups excluding carboxylic acids is 1. The highest BCUT2D eigenvalue weighted by atomic mass is 32.2. The van der Waals surface area contributed by atoms with Crippen molar-refractivity contribution in [1.29, 1.82) is 0 Å². The second-order valence-corrected chi connectivity index (χ2v) is 9.56. The minimum atomic E-state index is -0.417. The number of aromatic nitrogens is 1. The highest BCUT2D eigenvalue weighted by Gasteiger charge is 2.16. The van der Waals surface area contributed by atoms with Crippen molar-refractivity contribution in [2.45, 2.75) is 38.1 Å². The number of non-ortho nitro benzene ring substituents is 1. The maximum Gasteiger partial charge on any atom is 0.269 e. The van der Waals surface area contributed by atoms with Gasteiger partial charge in [-0.1, -0.05) is 6.07 Å². The van der Waals surface area contributed by atoms with Crippen LogP contribution in [0.3, 0.4) is 0 Å². The van der Waals surface area contributed by atoms with Crippen LogP contribution in [0.1, 0.15) is 27.7 Å². The molecular formula is C21H22N4O3S2. The van der Waals surface area contributed by atoms with Crippen LogP contribution in [0.4, 0.5) is 11.4 Å². The van der Waals surface area contributed by atoms with Crippen molar-refractivity contribution in [1.82, 2.24) is 9.71 Å². The Morgan fingerprint density at radius 3 is 2.47 bits per heavy atom. The van der Waals surface area contributed by atoms with Crippen LogP contribution < -0.4 is 10.0 Å². The number of nitrogens with one attached hydrogen (secondary N) is 2. The molecule has 3 rings (SSSR count). The van der Waals surface area contributed by atoms with E-state index in [1.807, 2.05) is 18.2 Å². The first kappa shape index (κ1) is 21.9. The van der Waals surface area contributed by atoms with Gasteiger partial charge in [-0.15, -0.1) is 11.3 Å². The second-order valence-electron chi connectivity index (χ2n) is 7.68. The summed E-state index contributed by atoms with van der Waals surface area (Å²) in [6.45, 7) is 7.72. The van der Waals surface area contributed by atoms with Crippen molar-refractivity contribution >= 4 is 40.6 Å². The Labute approximate surface area is 183 Å². The van der Waals surface area contributed by atoms with Gasteiger partial charge in [-0.05, 0) is 57.0 Å². The van der Waals surface area contributed by atoms with Gasteiger partial charge in [0.1, 0.15) is 5.01 Å². The lowest BCUT2D eigenvalue weighted by molar-refractivity contribution is -0.384. The Morgan fingerprint density at radius 2 is 1.87 bits per heavy atom. The van der Waals surface area contributed by atoms with Gasteiger partial charge in [0.2, 0.25) is 5.91 Å². The predicted molar refractivity (Wildman–Crippen MR) is 123 cm³/mol. The highest BCUT2D eigenvalue weighted by molar-refractivity contribution is 7.97. The van der Waals surface area contributed by atoms with Gasteiger partial charge in [-0.25, -0.2) is 4.98 Å². The van der Waals surface area contributed by atoms with E-state index in [0.717, 1.165) is 31.6 Å². The largest absolute Gasteiger partial charge is 0.326 e. The van der Waals surface area contributed by atoms with Gasteiger partial charge in [0.15, 0.2) is 0 Å². The van der Waals surface area contributed by atoms with E-state index < -0.39 is 4.92 Å². The fourth-order valence-corrected chi connectivity index (χ4v) is 4.47. The molecule has 1 heterocycles. The maximum atomic E-state index is 11.4. The van der Waals surface area contributed by atoms with Gasteiger partial charge in [-0.2, -0.15) is 0 Å². The Bertz CT molecular complexity index is 1070. The number of hydrogen-bond donors (Lipinski definition) is 2. The minimum Gasteiger partial charge on any atom is -0.326 e. The van der Waals surface area contributed by atoms with Crippen molar-refractivity contribution in [2.75, 3.05) is 5.32 Å². The summed E-state index contributed by atoms with van der Waals surface area (Å²) in [5.41, 5.74) is 2.51.